The molecule has 0 unspecified atom stereocenters. The Hall–Kier alpha value is -2.35. The summed E-state index contributed by atoms with van der Waals surface area (Å²) in [6, 6.07) is 18.2. The molecule has 1 aromatic heterocycles. The van der Waals surface area contributed by atoms with E-state index in [1.165, 1.54) is 0 Å². The molecule has 0 atom stereocenters. The third kappa shape index (κ3) is 1.72. The summed E-state index contributed by atoms with van der Waals surface area (Å²) in [5.41, 5.74) is 3.25. The van der Waals surface area contributed by atoms with Crippen LogP contribution in [-0.2, 0) is 0 Å². The number of fused-ring (bicyclic) bond motifs is 1. The van der Waals surface area contributed by atoms with E-state index in [-0.39, 0.29) is 0 Å². The second-order valence-electron chi connectivity index (χ2n) is 4.08. The summed E-state index contributed by atoms with van der Waals surface area (Å²) in [5.74, 6) is 0.883. The molecule has 0 amide bonds. The summed E-state index contributed by atoms with van der Waals surface area (Å²) in [6.45, 7) is 0. The molecule has 2 nitrogen and oxygen atoms in total. The number of hydrogen-bond donors (Lipinski definition) is 0. The Morgan fingerprint density at radius 1 is 0.833 bits per heavy atom. The molecule has 0 fully saturated rings. The molecule has 3 aromatic rings. The molecule has 3 rings (SSSR count). The average molecular weight is 235 g/mol. The van der Waals surface area contributed by atoms with Gasteiger partial charge in [-0.3, -0.25) is 4.98 Å². The highest BCUT2D eigenvalue weighted by molar-refractivity contribution is 5.95. The van der Waals surface area contributed by atoms with Crippen LogP contribution < -0.4 is 4.74 Å². The van der Waals surface area contributed by atoms with Gasteiger partial charge in [0.1, 0.15) is 5.75 Å². The number of hydrogen-bond acceptors (Lipinski definition) is 2. The number of nitrogens with zero attached hydrogens (tertiary/aromatic N) is 1. The van der Waals surface area contributed by atoms with Crippen molar-refractivity contribution in [1.82, 2.24) is 4.98 Å². The highest BCUT2D eigenvalue weighted by Gasteiger charge is 2.08. The van der Waals surface area contributed by atoms with Crippen LogP contribution in [-0.4, -0.2) is 12.1 Å². The van der Waals surface area contributed by atoms with E-state index < -0.39 is 0 Å². The van der Waals surface area contributed by atoms with Crippen LogP contribution in [0.25, 0.3) is 22.0 Å². The molecular formula is C16H13NO. The van der Waals surface area contributed by atoms with Crippen molar-refractivity contribution in [2.45, 2.75) is 0 Å². The Kier molecular flexibility index (Phi) is 2.69. The van der Waals surface area contributed by atoms with Gasteiger partial charge in [-0.1, -0.05) is 36.4 Å². The molecule has 0 aliphatic carbocycles. The Labute approximate surface area is 106 Å². The number of ether oxygens (including phenoxy) is 1. The monoisotopic (exact) mass is 235 g/mol. The van der Waals surface area contributed by atoms with Gasteiger partial charge >= 0.3 is 0 Å². The lowest BCUT2D eigenvalue weighted by atomic mass is 10.00. The third-order valence-corrected chi connectivity index (χ3v) is 3.04. The zero-order chi connectivity index (χ0) is 12.4. The second kappa shape index (κ2) is 4.49. The first-order chi connectivity index (χ1) is 8.90. The predicted molar refractivity (Wildman–Crippen MR) is 73.7 cm³/mol. The van der Waals surface area contributed by atoms with Gasteiger partial charge in [-0.2, -0.15) is 0 Å². The third-order valence-electron chi connectivity index (χ3n) is 3.04. The Balaban J connectivity index is 2.32. The van der Waals surface area contributed by atoms with Gasteiger partial charge < -0.3 is 4.74 Å². The fourth-order valence-corrected chi connectivity index (χ4v) is 2.21. The minimum atomic E-state index is 0.883. The van der Waals surface area contributed by atoms with Crippen LogP contribution in [0.5, 0.6) is 5.75 Å². The highest BCUT2D eigenvalue weighted by atomic mass is 16.5. The summed E-state index contributed by atoms with van der Waals surface area (Å²) in [6.07, 6.45) is 1.81. The Morgan fingerprint density at radius 3 is 2.56 bits per heavy atom. The van der Waals surface area contributed by atoms with E-state index in [1.54, 1.807) is 7.11 Å². The minimum Gasteiger partial charge on any atom is -0.496 e. The molecule has 88 valence electrons. The van der Waals surface area contributed by atoms with Gasteiger partial charge in [0.15, 0.2) is 0 Å². The Morgan fingerprint density at radius 2 is 1.67 bits per heavy atom. The molecule has 0 saturated heterocycles. The van der Waals surface area contributed by atoms with Crippen LogP contribution in [0.1, 0.15) is 0 Å². The zero-order valence-corrected chi connectivity index (χ0v) is 10.1. The predicted octanol–water partition coefficient (Wildman–Crippen LogP) is 3.91. The van der Waals surface area contributed by atoms with Gasteiger partial charge in [0, 0.05) is 17.1 Å². The molecule has 0 saturated carbocycles. The lowest BCUT2D eigenvalue weighted by Gasteiger charge is -2.10. The molecule has 1 heterocycles. The SMILES string of the molecule is COc1ccccc1-c1cccc2ncccc12. The van der Waals surface area contributed by atoms with Gasteiger partial charge in [-0.25, -0.2) is 0 Å². The fourth-order valence-electron chi connectivity index (χ4n) is 2.21. The van der Waals surface area contributed by atoms with Crippen molar-refractivity contribution < 1.29 is 4.74 Å². The summed E-state index contributed by atoms with van der Waals surface area (Å²) in [4.78, 5) is 4.38. The average Bonchev–Trinajstić information content (AvgIpc) is 2.46. The van der Waals surface area contributed by atoms with Crippen molar-refractivity contribution in [3.8, 4) is 16.9 Å². The molecule has 0 aliphatic rings. The zero-order valence-electron chi connectivity index (χ0n) is 10.1. The fraction of sp³-hybridized carbons (Fsp3) is 0.0625. The van der Waals surface area contributed by atoms with Crippen LogP contribution in [0, 0.1) is 0 Å². The van der Waals surface area contributed by atoms with Gasteiger partial charge in [0.05, 0.1) is 12.6 Å². The van der Waals surface area contributed by atoms with Crippen molar-refractivity contribution in [3.05, 3.63) is 60.8 Å². The first kappa shape index (κ1) is 10.8. The van der Waals surface area contributed by atoms with E-state index in [0.29, 0.717) is 0 Å². The largest absolute Gasteiger partial charge is 0.496 e. The van der Waals surface area contributed by atoms with Gasteiger partial charge in [-0.15, -0.1) is 0 Å². The topological polar surface area (TPSA) is 22.1 Å². The van der Waals surface area contributed by atoms with Gasteiger partial charge in [0.2, 0.25) is 0 Å². The van der Waals surface area contributed by atoms with Gasteiger partial charge in [0.25, 0.3) is 0 Å². The van der Waals surface area contributed by atoms with Crippen molar-refractivity contribution in [1.29, 1.82) is 0 Å². The van der Waals surface area contributed by atoms with E-state index in [1.807, 2.05) is 42.6 Å². The lowest BCUT2D eigenvalue weighted by molar-refractivity contribution is 0.416. The van der Waals surface area contributed by atoms with E-state index >= 15 is 0 Å². The van der Waals surface area contributed by atoms with Crippen molar-refractivity contribution in [3.63, 3.8) is 0 Å². The number of pyridine rings is 1. The summed E-state index contributed by atoms with van der Waals surface area (Å²) in [5, 5.41) is 1.14. The van der Waals surface area contributed by atoms with E-state index in [4.69, 9.17) is 4.74 Å². The standard InChI is InChI=1S/C16H13NO/c1-18-16-10-3-2-6-14(16)12-7-4-9-15-13(12)8-5-11-17-15/h2-11H,1H3. The maximum atomic E-state index is 5.43. The number of aromatic nitrogens is 1. The van der Waals surface area contributed by atoms with Crippen LogP contribution in [0.15, 0.2) is 60.8 Å². The summed E-state index contributed by atoms with van der Waals surface area (Å²) in [7, 11) is 1.70. The van der Waals surface area contributed by atoms with Crippen molar-refractivity contribution >= 4 is 10.9 Å². The van der Waals surface area contributed by atoms with E-state index in [0.717, 1.165) is 27.8 Å². The quantitative estimate of drug-likeness (QED) is 0.671. The molecule has 18 heavy (non-hydrogen) atoms. The lowest BCUT2D eigenvalue weighted by Crippen LogP contribution is -1.89. The number of methoxy groups -OCH3 is 1. The molecule has 2 heteroatoms. The number of benzene rings is 2. The number of para-hydroxylation sites is 1. The molecule has 0 bridgehead atoms. The van der Waals surface area contributed by atoms with Crippen LogP contribution in [0.3, 0.4) is 0 Å². The first-order valence-corrected chi connectivity index (χ1v) is 5.87. The second-order valence-corrected chi connectivity index (χ2v) is 4.08. The number of rotatable bonds is 2. The smallest absolute Gasteiger partial charge is 0.126 e. The maximum absolute atomic E-state index is 5.43. The minimum absolute atomic E-state index is 0.883. The molecule has 0 N–H and O–H groups in total. The molecular weight excluding hydrogens is 222 g/mol. The van der Waals surface area contributed by atoms with E-state index in [9.17, 15) is 0 Å². The molecule has 0 aliphatic heterocycles. The normalized spacial score (nSPS) is 10.5. The molecule has 2 aromatic carbocycles. The maximum Gasteiger partial charge on any atom is 0.126 e. The van der Waals surface area contributed by atoms with Crippen molar-refractivity contribution in [2.24, 2.45) is 0 Å². The molecule has 0 radical (unpaired) electrons. The first-order valence-electron chi connectivity index (χ1n) is 5.87. The summed E-state index contributed by atoms with van der Waals surface area (Å²) >= 11 is 0. The van der Waals surface area contributed by atoms with Crippen LogP contribution >= 0.6 is 0 Å². The highest BCUT2D eigenvalue weighted by Crippen LogP contribution is 2.33. The van der Waals surface area contributed by atoms with Crippen LogP contribution in [0.2, 0.25) is 0 Å². The van der Waals surface area contributed by atoms with Crippen LogP contribution in [0.4, 0.5) is 0 Å². The van der Waals surface area contributed by atoms with Gasteiger partial charge in [-0.05, 0) is 23.8 Å². The van der Waals surface area contributed by atoms with E-state index in [2.05, 4.69) is 23.2 Å². The molecule has 0 spiro atoms. The Bertz CT molecular complexity index is 686. The summed E-state index contributed by atoms with van der Waals surface area (Å²) < 4.78 is 5.43. The van der Waals surface area contributed by atoms with Crippen molar-refractivity contribution in [2.75, 3.05) is 7.11 Å².